The second kappa shape index (κ2) is 10.4. The molecular weight excluding hydrogens is 534 g/mol. The summed E-state index contributed by atoms with van der Waals surface area (Å²) >= 11 is 24.5. The zero-order valence-corrected chi connectivity index (χ0v) is 22.0. The van der Waals surface area contributed by atoms with E-state index in [4.69, 9.17) is 46.4 Å². The van der Waals surface area contributed by atoms with Gasteiger partial charge in [0.05, 0.1) is 40.9 Å². The number of amides is 3. The van der Waals surface area contributed by atoms with Crippen LogP contribution in [0.25, 0.3) is 0 Å². The molecule has 1 saturated heterocycles. The molecule has 3 amide bonds. The highest BCUT2D eigenvalue weighted by Crippen LogP contribution is 2.38. The highest BCUT2D eigenvalue weighted by molar-refractivity contribution is 6.54. The van der Waals surface area contributed by atoms with Crippen LogP contribution in [-0.2, 0) is 9.59 Å². The second-order valence-electron chi connectivity index (χ2n) is 8.66. The lowest BCUT2D eigenvalue weighted by atomic mass is 10.0. The van der Waals surface area contributed by atoms with E-state index in [1.54, 1.807) is 29.2 Å². The van der Waals surface area contributed by atoms with E-state index in [9.17, 15) is 14.4 Å². The van der Waals surface area contributed by atoms with Crippen LogP contribution in [0.5, 0.6) is 0 Å². The molecule has 0 saturated carbocycles. The van der Waals surface area contributed by atoms with Crippen molar-refractivity contribution >= 4 is 75.5 Å². The van der Waals surface area contributed by atoms with Crippen molar-refractivity contribution in [2.45, 2.75) is 18.9 Å². The number of hydrogen-bond acceptors (Lipinski definition) is 4. The normalized spacial score (nSPS) is 20.5. The van der Waals surface area contributed by atoms with Crippen LogP contribution >= 0.6 is 46.4 Å². The first-order valence-corrected chi connectivity index (χ1v) is 12.5. The SMILES string of the molecule is CN(C(=O)c1cccc(NC2=C(Cl)C(=O)N(c3cc(Cl)c(Cl)cc3Cl)C2=O)c1)C1CC[NH+](C)CC1. The molecule has 0 aromatic heterocycles. The van der Waals surface area contributed by atoms with E-state index in [1.807, 2.05) is 7.05 Å². The highest BCUT2D eigenvalue weighted by atomic mass is 35.5. The number of likely N-dealkylation sites (tertiary alicyclic amines) is 1. The molecule has 0 bridgehead atoms. The van der Waals surface area contributed by atoms with Crippen molar-refractivity contribution < 1.29 is 19.3 Å². The number of carbonyl (C=O) groups is 3. The van der Waals surface area contributed by atoms with Crippen LogP contribution in [0.2, 0.25) is 15.1 Å². The van der Waals surface area contributed by atoms with Gasteiger partial charge in [0.25, 0.3) is 17.7 Å². The molecule has 2 N–H and O–H groups in total. The van der Waals surface area contributed by atoms with Crippen molar-refractivity contribution in [3.63, 3.8) is 0 Å². The molecule has 35 heavy (non-hydrogen) atoms. The van der Waals surface area contributed by atoms with Gasteiger partial charge in [-0.05, 0) is 30.3 Å². The van der Waals surface area contributed by atoms with Gasteiger partial charge in [-0.3, -0.25) is 14.4 Å². The molecular formula is C24H23Cl4N4O3+. The molecule has 4 rings (SSSR count). The van der Waals surface area contributed by atoms with Crippen LogP contribution in [0.1, 0.15) is 23.2 Å². The Bertz CT molecular complexity index is 1240. The Morgan fingerprint density at radius 3 is 2.34 bits per heavy atom. The number of nitrogens with one attached hydrogen (secondary N) is 2. The van der Waals surface area contributed by atoms with E-state index in [-0.39, 0.29) is 43.4 Å². The van der Waals surface area contributed by atoms with Gasteiger partial charge < -0.3 is 15.1 Å². The van der Waals surface area contributed by atoms with E-state index in [0.717, 1.165) is 30.8 Å². The number of halogens is 4. The third-order valence-corrected chi connectivity index (χ3v) is 7.69. The lowest BCUT2D eigenvalue weighted by Gasteiger charge is -2.33. The maximum atomic E-state index is 13.1. The van der Waals surface area contributed by atoms with Gasteiger partial charge in [-0.1, -0.05) is 52.5 Å². The Morgan fingerprint density at radius 1 is 1.00 bits per heavy atom. The predicted octanol–water partition coefficient (Wildman–Crippen LogP) is 3.83. The Balaban J connectivity index is 1.54. The van der Waals surface area contributed by atoms with Gasteiger partial charge in [-0.15, -0.1) is 0 Å². The van der Waals surface area contributed by atoms with Crippen molar-refractivity contribution in [3.05, 3.63) is 67.8 Å². The summed E-state index contributed by atoms with van der Waals surface area (Å²) in [6.45, 7) is 2.04. The molecule has 0 aliphatic carbocycles. The molecule has 1 fully saturated rings. The number of benzene rings is 2. The van der Waals surface area contributed by atoms with Gasteiger partial charge >= 0.3 is 0 Å². The number of nitrogens with zero attached hydrogens (tertiary/aromatic N) is 2. The van der Waals surface area contributed by atoms with Gasteiger partial charge in [-0.25, -0.2) is 4.90 Å². The first-order valence-electron chi connectivity index (χ1n) is 11.0. The van der Waals surface area contributed by atoms with E-state index in [0.29, 0.717) is 11.3 Å². The molecule has 0 atom stereocenters. The number of anilines is 2. The average molecular weight is 557 g/mol. The van der Waals surface area contributed by atoms with Crippen molar-refractivity contribution in [1.29, 1.82) is 0 Å². The minimum Gasteiger partial charge on any atom is -0.350 e. The fraction of sp³-hybridized carbons (Fsp3) is 0.292. The monoisotopic (exact) mass is 555 g/mol. The van der Waals surface area contributed by atoms with Gasteiger partial charge in [-0.2, -0.15) is 0 Å². The Kier molecular flexibility index (Phi) is 7.64. The summed E-state index contributed by atoms with van der Waals surface area (Å²) < 4.78 is 0. The van der Waals surface area contributed by atoms with E-state index < -0.39 is 11.8 Å². The van der Waals surface area contributed by atoms with Gasteiger partial charge in [0.15, 0.2) is 0 Å². The van der Waals surface area contributed by atoms with E-state index >= 15 is 0 Å². The number of imide groups is 1. The fourth-order valence-corrected chi connectivity index (χ4v) is 5.08. The summed E-state index contributed by atoms with van der Waals surface area (Å²) in [7, 11) is 3.96. The van der Waals surface area contributed by atoms with Gasteiger partial charge in [0.2, 0.25) is 0 Å². The maximum absolute atomic E-state index is 13.1. The molecule has 2 aliphatic rings. The fourth-order valence-electron chi connectivity index (χ4n) is 4.24. The smallest absolute Gasteiger partial charge is 0.283 e. The Hall–Kier alpha value is -2.29. The molecule has 2 aliphatic heterocycles. The minimum absolute atomic E-state index is 0.0662. The Labute approximate surface area is 223 Å². The van der Waals surface area contributed by atoms with Crippen LogP contribution in [-0.4, -0.2) is 55.8 Å². The zero-order valence-electron chi connectivity index (χ0n) is 19.0. The molecule has 0 spiro atoms. The molecule has 2 aromatic carbocycles. The summed E-state index contributed by atoms with van der Waals surface area (Å²) in [5.74, 6) is -1.57. The van der Waals surface area contributed by atoms with E-state index in [2.05, 4.69) is 12.4 Å². The van der Waals surface area contributed by atoms with Crippen LogP contribution < -0.4 is 15.1 Å². The molecule has 2 heterocycles. The summed E-state index contributed by atoms with van der Waals surface area (Å²) in [5, 5.41) is 2.97. The predicted molar refractivity (Wildman–Crippen MR) is 139 cm³/mol. The van der Waals surface area contributed by atoms with Crippen LogP contribution in [0.3, 0.4) is 0 Å². The zero-order chi connectivity index (χ0) is 25.4. The van der Waals surface area contributed by atoms with Gasteiger partial charge in [0, 0.05) is 37.2 Å². The first kappa shape index (κ1) is 25.8. The lowest BCUT2D eigenvalue weighted by Crippen LogP contribution is -3.10. The summed E-state index contributed by atoms with van der Waals surface area (Å²) in [6.07, 6.45) is 1.89. The molecule has 2 aromatic rings. The third kappa shape index (κ3) is 5.15. The van der Waals surface area contributed by atoms with Crippen molar-refractivity contribution in [1.82, 2.24) is 4.90 Å². The first-order chi connectivity index (χ1) is 16.6. The molecule has 11 heteroatoms. The minimum atomic E-state index is -0.754. The van der Waals surface area contributed by atoms with Crippen LogP contribution in [0.4, 0.5) is 11.4 Å². The maximum Gasteiger partial charge on any atom is 0.283 e. The Morgan fingerprint density at radius 2 is 1.66 bits per heavy atom. The quantitative estimate of drug-likeness (QED) is 0.433. The lowest BCUT2D eigenvalue weighted by molar-refractivity contribution is -0.885. The largest absolute Gasteiger partial charge is 0.350 e. The second-order valence-corrected chi connectivity index (χ2v) is 10.3. The summed E-state index contributed by atoms with van der Waals surface area (Å²) in [6, 6.07) is 9.57. The molecule has 184 valence electrons. The van der Waals surface area contributed by atoms with Crippen molar-refractivity contribution in [2.24, 2.45) is 0 Å². The number of carbonyl (C=O) groups excluding carboxylic acids is 3. The molecule has 0 unspecified atom stereocenters. The van der Waals surface area contributed by atoms with Gasteiger partial charge in [0.1, 0.15) is 10.7 Å². The highest BCUT2D eigenvalue weighted by Gasteiger charge is 2.40. The third-order valence-electron chi connectivity index (χ3n) is 6.31. The topological polar surface area (TPSA) is 74.2 Å². The summed E-state index contributed by atoms with van der Waals surface area (Å²) in [5.41, 5.74) is 0.835. The van der Waals surface area contributed by atoms with Crippen LogP contribution in [0, 0.1) is 0 Å². The van der Waals surface area contributed by atoms with Crippen LogP contribution in [0.15, 0.2) is 47.1 Å². The number of piperidine rings is 1. The molecule has 7 nitrogen and oxygen atoms in total. The van der Waals surface area contributed by atoms with Crippen molar-refractivity contribution in [3.8, 4) is 0 Å². The average Bonchev–Trinajstić information content (AvgIpc) is 3.04. The molecule has 0 radical (unpaired) electrons. The number of hydrogen-bond donors (Lipinski definition) is 2. The van der Waals surface area contributed by atoms with E-state index in [1.165, 1.54) is 17.0 Å². The van der Waals surface area contributed by atoms with Crippen molar-refractivity contribution in [2.75, 3.05) is 37.4 Å². The standard InChI is InChI=1S/C24H22Cl4N4O3/c1-30-8-6-15(7-9-30)31(2)22(33)13-4-3-5-14(10-13)29-21-20(28)23(34)32(24(21)35)19-12-17(26)16(25)11-18(19)27/h3-5,10-12,15,29H,6-9H2,1-2H3/p+1. The number of rotatable bonds is 5. The number of quaternary nitrogens is 1. The summed E-state index contributed by atoms with van der Waals surface area (Å²) in [4.78, 5) is 43.1.